The number of anilines is 1. The Morgan fingerprint density at radius 1 is 1.19 bits per heavy atom. The Morgan fingerprint density at radius 2 is 1.94 bits per heavy atom. The van der Waals surface area contributed by atoms with Crippen molar-refractivity contribution in [3.05, 3.63) is 18.5 Å². The minimum atomic E-state index is -2.45. The number of fused-ring (bicyclic) bond motifs is 2. The molecular weight excluding hydrogens is 519 g/mol. The predicted octanol–water partition coefficient (Wildman–Crippen LogP) is 3.22. The van der Waals surface area contributed by atoms with Crippen LogP contribution in [0.5, 0.6) is 11.5 Å². The monoisotopic (exact) mass is 550 g/mol. The number of nitrogens with one attached hydrogen (secondary N) is 1. The maximum atomic E-state index is 6.12. The molecule has 1 aliphatic rings. The Kier molecular flexibility index (Phi) is 6.54. The molecule has 0 atom stereocenters. The van der Waals surface area contributed by atoms with E-state index in [1.807, 2.05) is 0 Å². The first-order valence-electron chi connectivity index (χ1n) is 10.6. The van der Waals surface area contributed by atoms with Crippen LogP contribution in [0.25, 0.3) is 11.2 Å². The van der Waals surface area contributed by atoms with Gasteiger partial charge in [-0.05, 0) is 0 Å². The molecule has 1 aromatic carbocycles. The van der Waals surface area contributed by atoms with Gasteiger partial charge in [0.2, 0.25) is 0 Å². The fraction of sp³-hybridized carbons (Fsp3) is 0.476. The summed E-state index contributed by atoms with van der Waals surface area (Å²) in [4.78, 5) is 21.9. The van der Waals surface area contributed by atoms with Gasteiger partial charge < -0.3 is 0 Å². The molecule has 0 saturated carbocycles. The molecule has 0 spiro atoms. The quantitative estimate of drug-likeness (QED) is 0.327. The third-order valence-electron chi connectivity index (χ3n) is 5.12. The summed E-state index contributed by atoms with van der Waals surface area (Å²) >= 11 is -0.789. The summed E-state index contributed by atoms with van der Waals surface area (Å²) in [5.41, 5.74) is 7.56. The summed E-state index contributed by atoms with van der Waals surface area (Å²) in [6.45, 7) is 6.31. The van der Waals surface area contributed by atoms with Crippen LogP contribution in [0.3, 0.4) is 0 Å². The first kappa shape index (κ1) is 22.5. The number of nitrogens with two attached hydrogens (primary N) is 1. The van der Waals surface area contributed by atoms with Crippen molar-refractivity contribution >= 4 is 50.7 Å². The van der Waals surface area contributed by atoms with Crippen molar-refractivity contribution in [2.45, 2.75) is 57.7 Å². The number of rotatable bonds is 8. The van der Waals surface area contributed by atoms with E-state index in [0.717, 1.165) is 41.8 Å². The van der Waals surface area contributed by atoms with Crippen LogP contribution in [0.15, 0.2) is 28.5 Å². The molecule has 4 rings (SSSR count). The Balaban J connectivity index is 1.73. The number of ether oxygens (including phenoxy) is 2. The molecule has 3 heterocycles. The van der Waals surface area contributed by atoms with Crippen LogP contribution in [0, 0.1) is 0 Å². The van der Waals surface area contributed by atoms with Crippen LogP contribution < -0.4 is 24.1 Å². The molecule has 0 bridgehead atoms. The summed E-state index contributed by atoms with van der Waals surface area (Å²) in [5.74, 6) is 2.05. The van der Waals surface area contributed by atoms with Crippen LogP contribution in [-0.2, 0) is 6.54 Å². The molecule has 166 valence electrons. The van der Waals surface area contributed by atoms with E-state index in [4.69, 9.17) is 20.2 Å². The van der Waals surface area contributed by atoms with Crippen LogP contribution in [0.2, 0.25) is 14.8 Å². The molecule has 3 aromatic rings. The van der Waals surface area contributed by atoms with Crippen molar-refractivity contribution in [2.24, 2.45) is 0 Å². The Hall–Kier alpha value is -1.72. The number of aryl methyl sites for hydroxylation is 1. The standard InChI is InChI=1S/C18H21N6O2S.3CH3.Sn/c1-11(2)20-6-3-7-24-17-15(16(19)21-9-22-17)23-18(24)27-12-4-5-13-14(8-12)26-10-25-13;;;;/h5,8-9,11,20H,3,6-7,10H2,1-2H3,(H2,19,21,22);3*1H3;. The van der Waals surface area contributed by atoms with Gasteiger partial charge in [0.15, 0.2) is 0 Å². The molecule has 8 nitrogen and oxygen atoms in total. The summed E-state index contributed by atoms with van der Waals surface area (Å²) in [5, 5.41) is 4.35. The SMILES string of the molecule is CC(C)NCCCn1c(Sc2cc3c(c[c]2[Sn]([CH3])([CH3])[CH3])OCO3)nc2c(N)ncnc21. The topological polar surface area (TPSA) is 100 Å². The van der Waals surface area contributed by atoms with Gasteiger partial charge in [0.05, 0.1) is 0 Å². The average molecular weight is 549 g/mol. The van der Waals surface area contributed by atoms with Gasteiger partial charge in [-0.25, -0.2) is 0 Å². The van der Waals surface area contributed by atoms with Crippen LogP contribution >= 0.6 is 11.8 Å². The second kappa shape index (κ2) is 9.03. The van der Waals surface area contributed by atoms with E-state index in [9.17, 15) is 0 Å². The van der Waals surface area contributed by atoms with Crippen molar-refractivity contribution < 1.29 is 9.47 Å². The average Bonchev–Trinajstić information content (AvgIpc) is 3.29. The van der Waals surface area contributed by atoms with Crippen LogP contribution in [0.1, 0.15) is 20.3 Å². The number of hydrogen-bond acceptors (Lipinski definition) is 8. The van der Waals surface area contributed by atoms with E-state index in [1.54, 1.807) is 11.8 Å². The molecule has 0 fully saturated rings. The van der Waals surface area contributed by atoms with Crippen molar-refractivity contribution in [3.63, 3.8) is 0 Å². The Labute approximate surface area is 191 Å². The first-order chi connectivity index (χ1) is 14.7. The molecule has 3 N–H and O–H groups in total. The number of aromatic nitrogens is 4. The minimum absolute atomic E-state index is 0.274. The molecule has 0 amide bonds. The number of nitrogen functional groups attached to an aromatic ring is 1. The zero-order valence-corrected chi connectivity index (χ0v) is 22.4. The molecule has 31 heavy (non-hydrogen) atoms. The molecule has 2 aromatic heterocycles. The van der Waals surface area contributed by atoms with Crippen molar-refractivity contribution in [3.8, 4) is 11.5 Å². The number of imidazole rings is 1. The van der Waals surface area contributed by atoms with E-state index < -0.39 is 18.4 Å². The molecule has 0 aliphatic carbocycles. The van der Waals surface area contributed by atoms with Gasteiger partial charge in [0, 0.05) is 0 Å². The van der Waals surface area contributed by atoms with Crippen molar-refractivity contribution in [1.82, 2.24) is 24.8 Å². The molecular formula is C21H30N6O2SSn. The van der Waals surface area contributed by atoms with E-state index in [-0.39, 0.29) is 6.79 Å². The third-order valence-corrected chi connectivity index (χ3v) is 12.5. The molecule has 0 unspecified atom stereocenters. The zero-order chi connectivity index (χ0) is 22.2. The molecule has 1 aliphatic heterocycles. The van der Waals surface area contributed by atoms with E-state index in [1.165, 1.54) is 14.8 Å². The first-order valence-corrected chi connectivity index (χ1v) is 21.4. The predicted molar refractivity (Wildman–Crippen MR) is 127 cm³/mol. The Morgan fingerprint density at radius 3 is 2.65 bits per heavy atom. The van der Waals surface area contributed by atoms with Gasteiger partial charge in [0.1, 0.15) is 0 Å². The number of hydrogen-bond donors (Lipinski definition) is 2. The van der Waals surface area contributed by atoms with E-state index in [2.05, 4.69) is 60.7 Å². The van der Waals surface area contributed by atoms with Gasteiger partial charge >= 0.3 is 192 Å². The van der Waals surface area contributed by atoms with Gasteiger partial charge in [-0.15, -0.1) is 0 Å². The fourth-order valence-corrected chi connectivity index (χ4v) is 10.9. The Bertz CT molecular complexity index is 1100. The maximum absolute atomic E-state index is 6.12. The second-order valence-corrected chi connectivity index (χ2v) is 24.4. The second-order valence-electron chi connectivity index (χ2n) is 8.99. The summed E-state index contributed by atoms with van der Waals surface area (Å²) in [7, 11) is 0. The summed E-state index contributed by atoms with van der Waals surface area (Å²) in [6, 6.07) is 4.74. The normalized spacial score (nSPS) is 13.5. The third kappa shape index (κ3) is 4.88. The summed E-state index contributed by atoms with van der Waals surface area (Å²) < 4.78 is 14.9. The van der Waals surface area contributed by atoms with E-state index >= 15 is 0 Å². The van der Waals surface area contributed by atoms with Gasteiger partial charge in [-0.1, -0.05) is 0 Å². The van der Waals surface area contributed by atoms with Gasteiger partial charge in [-0.3, -0.25) is 0 Å². The van der Waals surface area contributed by atoms with Gasteiger partial charge in [-0.2, -0.15) is 0 Å². The number of nitrogens with zero attached hydrogens (tertiary/aromatic N) is 4. The van der Waals surface area contributed by atoms with Crippen LogP contribution in [0.4, 0.5) is 5.82 Å². The number of benzene rings is 1. The fourth-order valence-electron chi connectivity index (χ4n) is 3.53. The van der Waals surface area contributed by atoms with Crippen molar-refractivity contribution in [1.29, 1.82) is 0 Å². The summed E-state index contributed by atoms with van der Waals surface area (Å²) in [6.07, 6.45) is 2.47. The van der Waals surface area contributed by atoms with Crippen LogP contribution in [-0.4, -0.2) is 57.3 Å². The van der Waals surface area contributed by atoms with E-state index in [0.29, 0.717) is 17.4 Å². The zero-order valence-electron chi connectivity index (χ0n) is 18.7. The molecule has 0 radical (unpaired) electrons. The van der Waals surface area contributed by atoms with Crippen molar-refractivity contribution in [2.75, 3.05) is 19.1 Å². The molecule has 0 saturated heterocycles. The molecule has 10 heteroatoms. The van der Waals surface area contributed by atoms with Gasteiger partial charge in [0.25, 0.3) is 0 Å².